The van der Waals surface area contributed by atoms with E-state index in [2.05, 4.69) is 15.9 Å². The second-order valence-corrected chi connectivity index (χ2v) is 4.98. The Balaban J connectivity index is 2.84. The van der Waals surface area contributed by atoms with Gasteiger partial charge in [-0.1, -0.05) is 40.2 Å². The standard InChI is InChI=1S/C8H10BrO3P/c9-5-7-2-1-3-8(4-7)6-13(10,11)12/h1-4H,5-6H2,(H2,10,11,12). The Bertz CT molecular complexity index is 334. The third kappa shape index (κ3) is 4.05. The molecule has 0 spiro atoms. The predicted molar refractivity (Wildman–Crippen MR) is 54.8 cm³/mol. The van der Waals surface area contributed by atoms with Crippen molar-refractivity contribution < 1.29 is 14.4 Å². The number of hydrogen-bond donors (Lipinski definition) is 2. The highest BCUT2D eigenvalue weighted by atomic mass is 79.9. The lowest BCUT2D eigenvalue weighted by molar-refractivity contribution is 0.371. The lowest BCUT2D eigenvalue weighted by Crippen LogP contribution is -1.88. The van der Waals surface area contributed by atoms with E-state index >= 15 is 0 Å². The molecule has 0 heterocycles. The summed E-state index contributed by atoms with van der Waals surface area (Å²) in [5.74, 6) is 0. The number of benzene rings is 1. The second kappa shape index (κ2) is 4.38. The van der Waals surface area contributed by atoms with E-state index in [0.29, 0.717) is 10.9 Å². The van der Waals surface area contributed by atoms with Crippen LogP contribution in [0.4, 0.5) is 0 Å². The molecule has 72 valence electrons. The quantitative estimate of drug-likeness (QED) is 0.651. The summed E-state index contributed by atoms with van der Waals surface area (Å²) in [7, 11) is -3.93. The fraction of sp³-hybridized carbons (Fsp3) is 0.250. The Kier molecular flexibility index (Phi) is 3.68. The van der Waals surface area contributed by atoms with Gasteiger partial charge in [0, 0.05) is 5.33 Å². The van der Waals surface area contributed by atoms with E-state index in [1.165, 1.54) is 0 Å². The maximum absolute atomic E-state index is 10.7. The van der Waals surface area contributed by atoms with Gasteiger partial charge in [-0.05, 0) is 11.1 Å². The zero-order valence-electron chi connectivity index (χ0n) is 6.85. The molecule has 1 rings (SSSR count). The summed E-state index contributed by atoms with van der Waals surface area (Å²) in [6.07, 6.45) is -0.187. The van der Waals surface area contributed by atoms with E-state index in [1.54, 1.807) is 18.2 Å². The lowest BCUT2D eigenvalue weighted by atomic mass is 10.2. The Morgan fingerprint density at radius 2 is 1.92 bits per heavy atom. The summed E-state index contributed by atoms with van der Waals surface area (Å²) in [6.45, 7) is 0. The maximum Gasteiger partial charge on any atom is 0.329 e. The molecule has 0 unspecified atom stereocenters. The first-order valence-corrected chi connectivity index (χ1v) is 6.61. The molecule has 0 radical (unpaired) electrons. The predicted octanol–water partition coefficient (Wildman–Crippen LogP) is 2.26. The minimum Gasteiger partial charge on any atom is -0.324 e. The van der Waals surface area contributed by atoms with Gasteiger partial charge in [-0.2, -0.15) is 0 Å². The molecule has 13 heavy (non-hydrogen) atoms. The van der Waals surface area contributed by atoms with Crippen molar-refractivity contribution in [2.24, 2.45) is 0 Å². The van der Waals surface area contributed by atoms with E-state index in [4.69, 9.17) is 9.79 Å². The molecular weight excluding hydrogens is 255 g/mol. The van der Waals surface area contributed by atoms with Crippen molar-refractivity contribution >= 4 is 23.5 Å². The monoisotopic (exact) mass is 264 g/mol. The van der Waals surface area contributed by atoms with Crippen LogP contribution >= 0.6 is 23.5 Å². The van der Waals surface area contributed by atoms with Crippen molar-refractivity contribution in [3.63, 3.8) is 0 Å². The smallest absolute Gasteiger partial charge is 0.324 e. The van der Waals surface area contributed by atoms with Gasteiger partial charge in [-0.15, -0.1) is 0 Å². The van der Waals surface area contributed by atoms with Gasteiger partial charge < -0.3 is 9.79 Å². The fourth-order valence-corrected chi connectivity index (χ4v) is 2.07. The van der Waals surface area contributed by atoms with Crippen LogP contribution in [0.5, 0.6) is 0 Å². The van der Waals surface area contributed by atoms with Gasteiger partial charge in [-0.25, -0.2) is 0 Å². The highest BCUT2D eigenvalue weighted by molar-refractivity contribution is 9.08. The Labute approximate surface area is 85.1 Å². The van der Waals surface area contributed by atoms with Crippen LogP contribution in [0, 0.1) is 0 Å². The van der Waals surface area contributed by atoms with Crippen molar-refractivity contribution in [2.45, 2.75) is 11.5 Å². The van der Waals surface area contributed by atoms with Crippen LogP contribution in [0.25, 0.3) is 0 Å². The molecule has 3 nitrogen and oxygen atoms in total. The van der Waals surface area contributed by atoms with Gasteiger partial charge in [-0.3, -0.25) is 4.57 Å². The van der Waals surface area contributed by atoms with E-state index in [9.17, 15) is 4.57 Å². The van der Waals surface area contributed by atoms with Crippen LogP contribution in [0.1, 0.15) is 11.1 Å². The fourth-order valence-electron chi connectivity index (χ4n) is 1.05. The molecule has 0 aliphatic rings. The summed E-state index contributed by atoms with van der Waals surface area (Å²) in [4.78, 5) is 17.5. The van der Waals surface area contributed by atoms with Gasteiger partial charge >= 0.3 is 7.60 Å². The SMILES string of the molecule is O=P(O)(O)Cc1cccc(CBr)c1. The molecular formula is C8H10BrO3P. The molecule has 0 atom stereocenters. The van der Waals surface area contributed by atoms with E-state index < -0.39 is 7.60 Å². The van der Waals surface area contributed by atoms with Crippen LogP contribution in [-0.2, 0) is 16.1 Å². The van der Waals surface area contributed by atoms with Gasteiger partial charge in [0.05, 0.1) is 6.16 Å². The van der Waals surface area contributed by atoms with Crippen molar-refractivity contribution in [1.82, 2.24) is 0 Å². The summed E-state index contributed by atoms with van der Waals surface area (Å²) in [5.41, 5.74) is 1.69. The summed E-state index contributed by atoms with van der Waals surface area (Å²) in [6, 6.07) is 7.19. The zero-order valence-corrected chi connectivity index (χ0v) is 9.33. The molecule has 2 N–H and O–H groups in total. The van der Waals surface area contributed by atoms with Gasteiger partial charge in [0.1, 0.15) is 0 Å². The first-order valence-electron chi connectivity index (χ1n) is 3.69. The van der Waals surface area contributed by atoms with Crippen molar-refractivity contribution in [1.29, 1.82) is 0 Å². The molecule has 0 aliphatic heterocycles. The van der Waals surface area contributed by atoms with Crippen molar-refractivity contribution in [2.75, 3.05) is 0 Å². The van der Waals surface area contributed by atoms with Crippen LogP contribution in [0.15, 0.2) is 24.3 Å². The third-order valence-corrected chi connectivity index (χ3v) is 2.96. The van der Waals surface area contributed by atoms with Gasteiger partial charge in [0.25, 0.3) is 0 Å². The van der Waals surface area contributed by atoms with Crippen molar-refractivity contribution in [3.8, 4) is 0 Å². The number of halogens is 1. The minimum absolute atomic E-state index is 0.187. The van der Waals surface area contributed by atoms with Gasteiger partial charge in [0.2, 0.25) is 0 Å². The number of alkyl halides is 1. The van der Waals surface area contributed by atoms with E-state index in [1.807, 2.05) is 6.07 Å². The van der Waals surface area contributed by atoms with Gasteiger partial charge in [0.15, 0.2) is 0 Å². The Morgan fingerprint density at radius 3 is 2.46 bits per heavy atom. The first-order chi connectivity index (χ1) is 6.01. The molecule has 0 saturated heterocycles. The van der Waals surface area contributed by atoms with Crippen LogP contribution < -0.4 is 0 Å². The summed E-state index contributed by atoms with van der Waals surface area (Å²) in [5, 5.41) is 0.696. The second-order valence-electron chi connectivity index (χ2n) is 2.78. The minimum atomic E-state index is -3.93. The third-order valence-electron chi connectivity index (χ3n) is 1.53. The molecule has 5 heteroatoms. The van der Waals surface area contributed by atoms with Crippen molar-refractivity contribution in [3.05, 3.63) is 35.4 Å². The zero-order chi connectivity index (χ0) is 9.90. The topological polar surface area (TPSA) is 57.5 Å². The van der Waals surface area contributed by atoms with Crippen LogP contribution in [0.3, 0.4) is 0 Å². The largest absolute Gasteiger partial charge is 0.329 e. The molecule has 1 aromatic rings. The Morgan fingerprint density at radius 1 is 1.31 bits per heavy atom. The molecule has 0 saturated carbocycles. The Hall–Kier alpha value is -0.150. The first kappa shape index (κ1) is 10.9. The number of rotatable bonds is 3. The average Bonchev–Trinajstić information content (AvgIpc) is 2.01. The van der Waals surface area contributed by atoms with Crippen LogP contribution in [0.2, 0.25) is 0 Å². The average molecular weight is 265 g/mol. The summed E-state index contributed by atoms with van der Waals surface area (Å²) < 4.78 is 10.7. The highest BCUT2D eigenvalue weighted by Gasteiger charge is 2.13. The molecule has 0 amide bonds. The lowest BCUT2D eigenvalue weighted by Gasteiger charge is -2.04. The van der Waals surface area contributed by atoms with Crippen LogP contribution in [-0.4, -0.2) is 9.79 Å². The van der Waals surface area contributed by atoms with E-state index in [0.717, 1.165) is 5.56 Å². The molecule has 0 fully saturated rings. The number of hydrogen-bond acceptors (Lipinski definition) is 1. The molecule has 0 bridgehead atoms. The molecule has 0 aromatic heterocycles. The molecule has 0 aliphatic carbocycles. The molecule has 1 aromatic carbocycles. The normalized spacial score (nSPS) is 11.6. The van der Waals surface area contributed by atoms with E-state index in [-0.39, 0.29) is 6.16 Å². The maximum atomic E-state index is 10.7. The summed E-state index contributed by atoms with van der Waals surface area (Å²) >= 11 is 3.28. The highest BCUT2D eigenvalue weighted by Crippen LogP contribution is 2.39.